The van der Waals surface area contributed by atoms with E-state index in [-0.39, 0.29) is 0 Å². The summed E-state index contributed by atoms with van der Waals surface area (Å²) < 4.78 is 0. The van der Waals surface area contributed by atoms with E-state index >= 15 is 0 Å². The van der Waals surface area contributed by atoms with Crippen LogP contribution in [0, 0.1) is 23.7 Å². The summed E-state index contributed by atoms with van der Waals surface area (Å²) in [6.45, 7) is 2.26. The predicted molar refractivity (Wildman–Crippen MR) is 71.0 cm³/mol. The van der Waals surface area contributed by atoms with Crippen molar-refractivity contribution in [3.63, 3.8) is 0 Å². The number of nitrogens with zero attached hydrogens (tertiary/aromatic N) is 1. The summed E-state index contributed by atoms with van der Waals surface area (Å²) in [5.41, 5.74) is 1.22. The van der Waals surface area contributed by atoms with E-state index in [4.69, 9.17) is 0 Å². The van der Waals surface area contributed by atoms with Crippen LogP contribution in [-0.2, 0) is 0 Å². The van der Waals surface area contributed by atoms with Gasteiger partial charge in [-0.15, -0.1) is 0 Å². The van der Waals surface area contributed by atoms with Crippen molar-refractivity contribution in [2.75, 3.05) is 0 Å². The summed E-state index contributed by atoms with van der Waals surface area (Å²) in [5.74, 6) is 4.15. The lowest BCUT2D eigenvalue weighted by molar-refractivity contribution is 0.199. The van der Waals surface area contributed by atoms with Crippen LogP contribution in [0.15, 0.2) is 12.3 Å². The number of hydrogen-bond donors (Lipinski definition) is 2. The Bertz CT molecular complexity index is 413. The molecule has 3 fully saturated rings. The molecule has 2 N–H and O–H groups in total. The van der Waals surface area contributed by atoms with E-state index in [2.05, 4.69) is 28.5 Å². The zero-order valence-corrected chi connectivity index (χ0v) is 11.1. The molecule has 2 bridgehead atoms. The van der Waals surface area contributed by atoms with Gasteiger partial charge in [-0.25, -0.2) is 0 Å². The van der Waals surface area contributed by atoms with Crippen molar-refractivity contribution in [2.45, 2.75) is 51.1 Å². The highest BCUT2D eigenvalue weighted by Gasteiger charge is 2.53. The van der Waals surface area contributed by atoms with E-state index in [9.17, 15) is 0 Å². The molecule has 0 spiro atoms. The molecule has 0 radical (unpaired) electrons. The lowest BCUT2D eigenvalue weighted by atomic mass is 9.79. The Morgan fingerprint density at radius 3 is 3.00 bits per heavy atom. The normalized spacial score (nSPS) is 43.3. The number of aromatic amines is 1. The van der Waals surface area contributed by atoms with Gasteiger partial charge >= 0.3 is 0 Å². The van der Waals surface area contributed by atoms with E-state index in [1.807, 2.05) is 6.20 Å². The minimum Gasteiger partial charge on any atom is -0.306 e. The van der Waals surface area contributed by atoms with Crippen LogP contribution in [-0.4, -0.2) is 16.2 Å². The van der Waals surface area contributed by atoms with E-state index in [0.29, 0.717) is 6.04 Å². The van der Waals surface area contributed by atoms with Crippen LogP contribution in [0.5, 0.6) is 0 Å². The summed E-state index contributed by atoms with van der Waals surface area (Å²) in [6, 6.07) is 3.26. The Kier molecular flexibility index (Phi) is 2.51. The van der Waals surface area contributed by atoms with Crippen LogP contribution in [0.3, 0.4) is 0 Å². The van der Waals surface area contributed by atoms with E-state index in [0.717, 1.165) is 29.7 Å². The first-order valence-electron chi connectivity index (χ1n) is 7.58. The standard InChI is InChI=1S/C15H23N3/c1-9(14-5-6-16-18-14)17-15-8-10-7-13(15)12-4-2-3-11(10)12/h5-6,9-13,15,17H,2-4,7-8H2,1H3,(H,16,18). The maximum Gasteiger partial charge on any atom is 0.0518 e. The van der Waals surface area contributed by atoms with Crippen molar-refractivity contribution >= 4 is 0 Å². The Labute approximate surface area is 109 Å². The molecule has 0 saturated heterocycles. The fourth-order valence-corrected chi connectivity index (χ4v) is 5.18. The van der Waals surface area contributed by atoms with Gasteiger partial charge in [0.05, 0.1) is 5.69 Å². The van der Waals surface area contributed by atoms with Gasteiger partial charge < -0.3 is 5.32 Å². The third-order valence-electron chi connectivity index (χ3n) is 5.88. The summed E-state index contributed by atoms with van der Waals surface area (Å²) >= 11 is 0. The molecule has 3 aliphatic carbocycles. The molecule has 3 aliphatic rings. The van der Waals surface area contributed by atoms with E-state index in [1.54, 1.807) is 0 Å². The molecule has 18 heavy (non-hydrogen) atoms. The number of aromatic nitrogens is 2. The molecule has 6 atom stereocenters. The Morgan fingerprint density at radius 2 is 2.17 bits per heavy atom. The first kappa shape index (κ1) is 11.0. The molecule has 1 aromatic heterocycles. The molecule has 1 heterocycles. The molecule has 3 saturated carbocycles. The van der Waals surface area contributed by atoms with Gasteiger partial charge in [0, 0.05) is 18.3 Å². The second-order valence-corrected chi connectivity index (χ2v) is 6.66. The maximum absolute atomic E-state index is 4.05. The third-order valence-corrected chi connectivity index (χ3v) is 5.88. The number of hydrogen-bond acceptors (Lipinski definition) is 2. The molecular weight excluding hydrogens is 222 g/mol. The highest BCUT2D eigenvalue weighted by atomic mass is 15.1. The van der Waals surface area contributed by atoms with Crippen molar-refractivity contribution < 1.29 is 0 Å². The molecule has 0 aromatic carbocycles. The zero-order chi connectivity index (χ0) is 12.1. The van der Waals surface area contributed by atoms with Gasteiger partial charge in [0.25, 0.3) is 0 Å². The first-order valence-corrected chi connectivity index (χ1v) is 7.58. The van der Waals surface area contributed by atoms with Crippen molar-refractivity contribution in [1.29, 1.82) is 0 Å². The topological polar surface area (TPSA) is 40.7 Å². The predicted octanol–water partition coefficient (Wildman–Crippen LogP) is 2.89. The summed E-state index contributed by atoms with van der Waals surface area (Å²) in [5, 5.41) is 11.0. The van der Waals surface area contributed by atoms with E-state index < -0.39 is 0 Å². The number of H-pyrrole nitrogens is 1. The molecule has 0 amide bonds. The fraction of sp³-hybridized carbons (Fsp3) is 0.800. The number of nitrogens with one attached hydrogen (secondary N) is 2. The Balaban J connectivity index is 1.45. The summed E-state index contributed by atoms with van der Waals surface area (Å²) in [7, 11) is 0. The average Bonchev–Trinajstić information content (AvgIpc) is 3.11. The molecular formula is C15H23N3. The van der Waals surface area contributed by atoms with E-state index in [1.165, 1.54) is 37.8 Å². The lowest BCUT2D eigenvalue weighted by Gasteiger charge is -2.33. The lowest BCUT2D eigenvalue weighted by Crippen LogP contribution is -2.40. The van der Waals surface area contributed by atoms with Crippen LogP contribution in [0.25, 0.3) is 0 Å². The molecule has 1 aromatic rings. The maximum atomic E-state index is 4.05. The smallest absolute Gasteiger partial charge is 0.0518 e. The summed E-state index contributed by atoms with van der Waals surface area (Å²) in [6.07, 6.45) is 9.29. The highest BCUT2D eigenvalue weighted by Crippen LogP contribution is 2.58. The zero-order valence-electron chi connectivity index (χ0n) is 11.1. The molecule has 6 unspecified atom stereocenters. The van der Waals surface area contributed by atoms with Gasteiger partial charge in [-0.1, -0.05) is 6.42 Å². The fourth-order valence-electron chi connectivity index (χ4n) is 5.18. The highest BCUT2D eigenvalue weighted by molar-refractivity contribution is 5.09. The minimum absolute atomic E-state index is 0.414. The monoisotopic (exact) mass is 245 g/mol. The third kappa shape index (κ3) is 1.56. The van der Waals surface area contributed by atoms with Gasteiger partial charge in [-0.05, 0) is 62.3 Å². The second-order valence-electron chi connectivity index (χ2n) is 6.66. The van der Waals surface area contributed by atoms with Gasteiger partial charge in [0.2, 0.25) is 0 Å². The van der Waals surface area contributed by atoms with Gasteiger partial charge in [-0.2, -0.15) is 5.10 Å². The second kappa shape index (κ2) is 4.09. The Hall–Kier alpha value is -0.830. The van der Waals surface area contributed by atoms with Crippen molar-refractivity contribution in [1.82, 2.24) is 15.5 Å². The van der Waals surface area contributed by atoms with Crippen LogP contribution in [0.2, 0.25) is 0 Å². The molecule has 3 heteroatoms. The molecule has 98 valence electrons. The molecule has 4 rings (SSSR count). The number of rotatable bonds is 3. The SMILES string of the molecule is CC(NC1CC2CC1C1CCCC21)c1ccn[nH]1. The Morgan fingerprint density at radius 1 is 1.28 bits per heavy atom. The largest absolute Gasteiger partial charge is 0.306 e. The van der Waals surface area contributed by atoms with Gasteiger partial charge in [0.15, 0.2) is 0 Å². The van der Waals surface area contributed by atoms with Crippen LogP contribution in [0.4, 0.5) is 0 Å². The minimum atomic E-state index is 0.414. The van der Waals surface area contributed by atoms with Gasteiger partial charge in [0.1, 0.15) is 0 Å². The number of fused-ring (bicyclic) bond motifs is 5. The van der Waals surface area contributed by atoms with Crippen molar-refractivity contribution in [3.8, 4) is 0 Å². The van der Waals surface area contributed by atoms with Crippen LogP contribution in [0.1, 0.15) is 50.8 Å². The van der Waals surface area contributed by atoms with Crippen molar-refractivity contribution in [3.05, 3.63) is 18.0 Å². The van der Waals surface area contributed by atoms with Crippen LogP contribution >= 0.6 is 0 Å². The van der Waals surface area contributed by atoms with Gasteiger partial charge in [-0.3, -0.25) is 5.10 Å². The van der Waals surface area contributed by atoms with Crippen molar-refractivity contribution in [2.24, 2.45) is 23.7 Å². The summed E-state index contributed by atoms with van der Waals surface area (Å²) in [4.78, 5) is 0. The average molecular weight is 245 g/mol. The van der Waals surface area contributed by atoms with Crippen LogP contribution < -0.4 is 5.32 Å². The quantitative estimate of drug-likeness (QED) is 0.859. The molecule has 3 nitrogen and oxygen atoms in total. The molecule has 0 aliphatic heterocycles. The first-order chi connectivity index (χ1) is 8.83.